The number of hydrogen-bond acceptors (Lipinski definition) is 18. The maximum Gasteiger partial charge on any atom is 1.00 e. The molecule has 0 aliphatic rings. The summed E-state index contributed by atoms with van der Waals surface area (Å²) in [4.78, 5) is 94.2. The van der Waals surface area contributed by atoms with Crippen molar-refractivity contribution >= 4 is 53.7 Å². The van der Waals surface area contributed by atoms with Crippen molar-refractivity contribution in [2.45, 2.75) is 18.3 Å². The first-order valence-electron chi connectivity index (χ1n) is 11.6. The van der Waals surface area contributed by atoms with E-state index in [-0.39, 0.29) is 88.7 Å². The Morgan fingerprint density at radius 2 is 0.625 bits per heavy atom. The first-order chi connectivity index (χ1) is 20.5. The number of carboxylic acid groups (broad SMARTS) is 9. The van der Waals surface area contributed by atoms with Crippen LogP contribution in [0.25, 0.3) is 0 Å². The summed E-state index contributed by atoms with van der Waals surface area (Å²) in [7, 11) is 0. The summed E-state index contributed by atoms with van der Waals surface area (Å²) >= 11 is 0. The van der Waals surface area contributed by atoms with Crippen molar-refractivity contribution in [1.82, 2.24) is 14.7 Å². The van der Waals surface area contributed by atoms with Gasteiger partial charge < -0.3 is 75.7 Å². The number of nitrogens with zero attached hydrogens (tertiary/aromatic N) is 3. The molecule has 24 nitrogen and oxygen atoms in total. The molecule has 48 heavy (non-hydrogen) atoms. The van der Waals surface area contributed by atoms with Gasteiger partial charge in [0.15, 0.2) is 12.2 Å². The van der Waals surface area contributed by atoms with Crippen LogP contribution in [0.5, 0.6) is 0 Å². The Balaban J connectivity index is -0.000000134. The molecule has 0 aliphatic heterocycles. The Kier molecular flexibility index (Phi) is 39.1. The molecule has 0 aromatic rings. The second-order valence-electron chi connectivity index (χ2n) is 8.37. The molecule has 9 N–H and O–H groups in total. The molecule has 258 valence electrons. The number of aliphatic hydroxyl groups excluding tert-OH is 3. The topological polar surface area (TPSA) is 415 Å². The number of carboxylic acids is 9. The molecule has 0 heterocycles. The molecule has 3 unspecified atom stereocenters. The Morgan fingerprint density at radius 3 is 0.792 bits per heavy atom. The van der Waals surface area contributed by atoms with Crippen LogP contribution >= 0.6 is 0 Å². The summed E-state index contributed by atoms with van der Waals surface area (Å²) in [5.41, 5.74) is 0. The smallest absolute Gasteiger partial charge is 0.549 e. The van der Waals surface area contributed by atoms with E-state index in [0.29, 0.717) is 4.90 Å². The molecule has 0 rings (SSSR count). The average Bonchev–Trinajstić information content (AvgIpc) is 2.81. The van der Waals surface area contributed by atoms with E-state index in [4.69, 9.17) is 46.0 Å². The molecule has 3 atom stereocenters. The third-order valence-corrected chi connectivity index (χ3v) is 4.28. The van der Waals surface area contributed by atoms with E-state index in [1.165, 1.54) is 0 Å². The van der Waals surface area contributed by atoms with E-state index >= 15 is 0 Å². The summed E-state index contributed by atoms with van der Waals surface area (Å²) in [6, 6.07) is 0. The van der Waals surface area contributed by atoms with E-state index in [9.17, 15) is 58.5 Å². The van der Waals surface area contributed by atoms with Gasteiger partial charge in [0.25, 0.3) is 0 Å². The Morgan fingerprint density at radius 1 is 0.417 bits per heavy atom. The zero-order valence-electron chi connectivity index (χ0n) is 25.9. The largest absolute Gasteiger partial charge is 1.00 e. The van der Waals surface area contributed by atoms with Gasteiger partial charge in [0.2, 0.25) is 0 Å². The maximum atomic E-state index is 10.3. The number of carbonyl (C=O) groups is 9. The number of carbonyl (C=O) groups excluding carboxylic acids is 3. The Bertz CT molecular complexity index is 889. The standard InChI is InChI=1S/3C7H11NO7.3Na/c3*9-4(7(14)15)1-8(2-5(10)11)3-6(12)13;;;/h3*4,9H,1-3H2,(H,10,11)(H,12,13)(H,14,15);;;/q;;;3*+1/p-3. The molecule has 27 heteroatoms. The third-order valence-electron chi connectivity index (χ3n) is 4.28. The quantitative estimate of drug-likeness (QED) is 0.0495. The van der Waals surface area contributed by atoms with Gasteiger partial charge in [-0.3, -0.25) is 33.9 Å². The predicted octanol–water partition coefficient (Wildman–Crippen LogP) is -19.3. The van der Waals surface area contributed by atoms with Gasteiger partial charge in [-0.05, 0) is 0 Å². The summed E-state index contributed by atoms with van der Waals surface area (Å²) in [5, 5.41) is 107. The molecular formula is C21H30N3Na3O21. The minimum absolute atomic E-state index is 0. The first-order valence-corrected chi connectivity index (χ1v) is 11.6. The molecule has 0 amide bonds. The van der Waals surface area contributed by atoms with Crippen LogP contribution in [-0.2, 0) is 43.2 Å². The summed E-state index contributed by atoms with van der Waals surface area (Å²) < 4.78 is 0. The third kappa shape index (κ3) is 38.4. The van der Waals surface area contributed by atoms with Crippen molar-refractivity contribution in [3.05, 3.63) is 0 Å². The van der Waals surface area contributed by atoms with Crippen LogP contribution in [0, 0.1) is 0 Å². The van der Waals surface area contributed by atoms with Gasteiger partial charge in [-0.15, -0.1) is 0 Å². The van der Waals surface area contributed by atoms with Crippen LogP contribution < -0.4 is 104 Å². The molecule has 0 fully saturated rings. The van der Waals surface area contributed by atoms with Crippen LogP contribution in [0.1, 0.15) is 0 Å². The molecule has 0 saturated heterocycles. The fourth-order valence-corrected chi connectivity index (χ4v) is 2.65. The van der Waals surface area contributed by atoms with E-state index in [2.05, 4.69) is 0 Å². The molecule has 0 bridgehead atoms. The van der Waals surface area contributed by atoms with Gasteiger partial charge in [0.05, 0.1) is 44.1 Å². The normalized spacial score (nSPS) is 11.6. The second kappa shape index (κ2) is 32.2. The van der Waals surface area contributed by atoms with Crippen molar-refractivity contribution in [1.29, 1.82) is 0 Å². The predicted molar refractivity (Wildman–Crippen MR) is 128 cm³/mol. The number of hydrogen-bond donors (Lipinski definition) is 9. The minimum atomic E-state index is -1.97. The molecule has 0 aliphatic carbocycles. The van der Waals surface area contributed by atoms with Gasteiger partial charge in [-0.1, -0.05) is 0 Å². The first kappa shape index (κ1) is 58.2. The molecule has 0 aromatic heterocycles. The van der Waals surface area contributed by atoms with Crippen molar-refractivity contribution in [3.63, 3.8) is 0 Å². The maximum absolute atomic E-state index is 10.3. The van der Waals surface area contributed by atoms with Crippen LogP contribution in [0.2, 0.25) is 0 Å². The van der Waals surface area contributed by atoms with E-state index in [1.54, 1.807) is 0 Å². The van der Waals surface area contributed by atoms with Crippen molar-refractivity contribution < 1.29 is 193 Å². The molecule has 0 radical (unpaired) electrons. The SMILES string of the molecule is O=C(O)CN(CC(=O)O)CC(O)C(=O)O.O=C(O)CN(CC(=O)O)CC(O)C(=O)O.O=C([O-])CN(CC(=O)[O-])CC(O)C(=O)[O-].[Na+].[Na+].[Na+]. The molecular weight excluding hydrogens is 699 g/mol. The van der Waals surface area contributed by atoms with Crippen LogP contribution in [-0.4, -0.2) is 192 Å². The Hall–Kier alpha value is -2.01. The second-order valence-corrected chi connectivity index (χ2v) is 8.37. The summed E-state index contributed by atoms with van der Waals surface area (Å²) in [6.07, 6.45) is -5.57. The Labute approximate surface area is 336 Å². The van der Waals surface area contributed by atoms with Gasteiger partial charge in [-0.25, -0.2) is 9.59 Å². The van der Waals surface area contributed by atoms with Gasteiger partial charge in [0, 0.05) is 32.7 Å². The van der Waals surface area contributed by atoms with Crippen molar-refractivity contribution in [2.75, 3.05) is 58.9 Å². The fourth-order valence-electron chi connectivity index (χ4n) is 2.65. The molecule has 0 spiro atoms. The van der Waals surface area contributed by atoms with Gasteiger partial charge in [0.1, 0.15) is 6.10 Å². The number of aliphatic carboxylic acids is 9. The summed E-state index contributed by atoms with van der Waals surface area (Å²) in [5.74, 6) is -13.3. The zero-order valence-corrected chi connectivity index (χ0v) is 31.9. The average molecular weight is 729 g/mol. The van der Waals surface area contributed by atoms with E-state index in [1.807, 2.05) is 0 Å². The van der Waals surface area contributed by atoms with Crippen LogP contribution in [0.4, 0.5) is 0 Å². The van der Waals surface area contributed by atoms with Crippen molar-refractivity contribution in [3.8, 4) is 0 Å². The minimum Gasteiger partial charge on any atom is -0.549 e. The van der Waals surface area contributed by atoms with Gasteiger partial charge >= 0.3 is 124 Å². The fraction of sp³-hybridized carbons (Fsp3) is 0.571. The summed E-state index contributed by atoms with van der Waals surface area (Å²) in [6.45, 7) is -6.00. The molecule has 0 aromatic carbocycles. The zero-order chi connectivity index (χ0) is 36.0. The number of aliphatic hydroxyl groups is 3. The van der Waals surface area contributed by atoms with E-state index in [0.717, 1.165) is 9.80 Å². The number of rotatable bonds is 21. The van der Waals surface area contributed by atoms with Gasteiger partial charge in [-0.2, -0.15) is 0 Å². The molecule has 0 saturated carbocycles. The van der Waals surface area contributed by atoms with Crippen molar-refractivity contribution in [2.24, 2.45) is 0 Å². The monoisotopic (exact) mass is 729 g/mol. The van der Waals surface area contributed by atoms with Crippen LogP contribution in [0.15, 0.2) is 0 Å². The van der Waals surface area contributed by atoms with E-state index < -0.39 is 131 Å². The van der Waals surface area contributed by atoms with Crippen LogP contribution in [0.3, 0.4) is 0 Å².